The average Bonchev–Trinajstić information content (AvgIpc) is 3.52. The van der Waals surface area contributed by atoms with Crippen LogP contribution < -0.4 is 26.0 Å². The number of esters is 1. The first-order valence-electron chi connectivity index (χ1n) is 16.8. The number of hydrogen-bond acceptors (Lipinski definition) is 9. The van der Waals surface area contributed by atoms with Crippen molar-refractivity contribution in [2.45, 2.75) is 30.4 Å². The van der Waals surface area contributed by atoms with Crippen molar-refractivity contribution in [2.24, 2.45) is 0 Å². The van der Waals surface area contributed by atoms with Crippen molar-refractivity contribution in [1.29, 1.82) is 0 Å². The van der Waals surface area contributed by atoms with E-state index in [2.05, 4.69) is 21.3 Å². The second-order valence-electron chi connectivity index (χ2n) is 11.7. The zero-order valence-electron chi connectivity index (χ0n) is 29.9. The zero-order chi connectivity index (χ0) is 38.6. The summed E-state index contributed by atoms with van der Waals surface area (Å²) >= 11 is 2.26. The molecule has 276 valence electrons. The normalized spacial score (nSPS) is 11.5. The molecule has 0 fully saturated rings. The van der Waals surface area contributed by atoms with Gasteiger partial charge in [0.1, 0.15) is 16.4 Å². The third-order valence-electron chi connectivity index (χ3n) is 8.00. The molecule has 0 aliphatic heterocycles. The number of amides is 4. The number of hydrogen-bond donors (Lipinski definition) is 4. The number of anilines is 3. The van der Waals surface area contributed by atoms with Gasteiger partial charge in [-0.3, -0.25) is 19.2 Å². The van der Waals surface area contributed by atoms with E-state index in [-0.39, 0.29) is 27.0 Å². The Bertz CT molecular complexity index is 2170. The predicted molar refractivity (Wildman–Crippen MR) is 213 cm³/mol. The van der Waals surface area contributed by atoms with Gasteiger partial charge in [-0.15, -0.1) is 23.1 Å². The highest BCUT2D eigenvalue weighted by Crippen LogP contribution is 2.36. The summed E-state index contributed by atoms with van der Waals surface area (Å²) in [6, 6.07) is 31.5. The van der Waals surface area contributed by atoms with Crippen molar-refractivity contribution >= 4 is 75.1 Å². The largest absolute Gasteiger partial charge is 0.497 e. The van der Waals surface area contributed by atoms with Gasteiger partial charge in [-0.2, -0.15) is 0 Å². The molecule has 11 nitrogen and oxygen atoms in total. The Hall–Kier alpha value is -6.18. The van der Waals surface area contributed by atoms with Crippen LogP contribution in [-0.2, 0) is 14.3 Å². The molecule has 0 aliphatic carbocycles. The first-order valence-corrected chi connectivity index (χ1v) is 18.5. The summed E-state index contributed by atoms with van der Waals surface area (Å²) in [4.78, 5) is 67.3. The van der Waals surface area contributed by atoms with Crippen LogP contribution in [0.5, 0.6) is 5.75 Å². The SMILES string of the molecule is CCC(Sc1cccc(NC(=O)/C(=C\c2ccc(OC)cc2)NC(=O)c2ccccc2)c1)C(=O)Nc1sc(C(=O)Nc2ccccc2)c(C)c1C(=O)OC. The van der Waals surface area contributed by atoms with Gasteiger partial charge in [-0.25, -0.2) is 4.79 Å². The Kier molecular flexibility index (Phi) is 13.4. The van der Waals surface area contributed by atoms with E-state index < -0.39 is 28.9 Å². The molecule has 1 aromatic heterocycles. The van der Waals surface area contributed by atoms with E-state index in [0.29, 0.717) is 45.1 Å². The van der Waals surface area contributed by atoms with Crippen LogP contribution in [0.25, 0.3) is 6.08 Å². The third-order valence-corrected chi connectivity index (χ3v) is 10.6. The second-order valence-corrected chi connectivity index (χ2v) is 14.0. The van der Waals surface area contributed by atoms with Crippen molar-refractivity contribution < 1.29 is 33.4 Å². The topological polar surface area (TPSA) is 152 Å². The summed E-state index contributed by atoms with van der Waals surface area (Å²) in [6.07, 6.45) is 1.99. The summed E-state index contributed by atoms with van der Waals surface area (Å²) in [5, 5.41) is 10.9. The smallest absolute Gasteiger partial charge is 0.341 e. The molecule has 0 saturated heterocycles. The van der Waals surface area contributed by atoms with Gasteiger partial charge < -0.3 is 30.7 Å². The van der Waals surface area contributed by atoms with Gasteiger partial charge in [0.15, 0.2) is 0 Å². The molecule has 1 atom stereocenters. The number of methoxy groups -OCH3 is 2. The van der Waals surface area contributed by atoms with Gasteiger partial charge in [-0.1, -0.05) is 61.5 Å². The standard InChI is InChI=1S/C41H38N4O7S2/c1-5-33(38(48)45-40-34(41(50)52-4)25(2)35(54-40)39(49)42-28-15-10-7-11-16-28)53-31-18-12-17-29(24-31)43-37(47)32(23-26-19-21-30(51-3)22-20-26)44-36(46)27-13-8-6-9-14-27/h6-24,33H,5H2,1-4H3,(H,42,49)(H,43,47)(H,44,46)(H,45,48)/b32-23+. The molecule has 1 heterocycles. The quantitative estimate of drug-likeness (QED) is 0.0505. The van der Waals surface area contributed by atoms with E-state index in [1.807, 2.05) is 19.1 Å². The molecule has 0 bridgehead atoms. The second kappa shape index (κ2) is 18.5. The van der Waals surface area contributed by atoms with E-state index in [0.717, 1.165) is 11.3 Å². The van der Waals surface area contributed by atoms with Crippen molar-refractivity contribution in [3.05, 3.63) is 142 Å². The number of thioether (sulfide) groups is 1. The molecular formula is C41H38N4O7S2. The van der Waals surface area contributed by atoms with E-state index >= 15 is 0 Å². The molecule has 5 aromatic rings. The maximum Gasteiger partial charge on any atom is 0.341 e. The third kappa shape index (κ3) is 10.0. The highest BCUT2D eigenvalue weighted by molar-refractivity contribution is 8.00. The van der Waals surface area contributed by atoms with Crippen molar-refractivity contribution in [1.82, 2.24) is 5.32 Å². The maximum atomic E-state index is 13.7. The minimum Gasteiger partial charge on any atom is -0.497 e. The van der Waals surface area contributed by atoms with E-state index in [9.17, 15) is 24.0 Å². The molecule has 13 heteroatoms. The van der Waals surface area contributed by atoms with Crippen LogP contribution in [0.1, 0.15) is 54.9 Å². The molecular weight excluding hydrogens is 725 g/mol. The molecule has 0 spiro atoms. The van der Waals surface area contributed by atoms with Crippen molar-refractivity contribution in [2.75, 3.05) is 30.2 Å². The summed E-state index contributed by atoms with van der Waals surface area (Å²) in [7, 11) is 2.79. The molecule has 1 unspecified atom stereocenters. The summed E-state index contributed by atoms with van der Waals surface area (Å²) in [6.45, 7) is 3.49. The van der Waals surface area contributed by atoms with Crippen LogP contribution in [0.4, 0.5) is 16.4 Å². The number of thiophene rings is 1. The van der Waals surface area contributed by atoms with Crippen LogP contribution in [-0.4, -0.2) is 49.1 Å². The molecule has 4 aromatic carbocycles. The monoisotopic (exact) mass is 762 g/mol. The van der Waals surface area contributed by atoms with Crippen LogP contribution in [0, 0.1) is 6.92 Å². The molecule has 0 saturated carbocycles. The lowest BCUT2D eigenvalue weighted by Crippen LogP contribution is -2.30. The predicted octanol–water partition coefficient (Wildman–Crippen LogP) is 8.02. The van der Waals surface area contributed by atoms with E-state index in [1.165, 1.54) is 18.9 Å². The molecule has 4 amide bonds. The maximum absolute atomic E-state index is 13.7. The summed E-state index contributed by atoms with van der Waals surface area (Å²) < 4.78 is 10.2. The molecule has 0 aliphatic rings. The first-order chi connectivity index (χ1) is 26.1. The number of rotatable bonds is 14. The summed E-state index contributed by atoms with van der Waals surface area (Å²) in [5.74, 6) is -1.85. The van der Waals surface area contributed by atoms with Crippen LogP contribution in [0.2, 0.25) is 0 Å². The lowest BCUT2D eigenvalue weighted by molar-refractivity contribution is -0.116. The number of nitrogens with one attached hydrogen (secondary N) is 4. The highest BCUT2D eigenvalue weighted by Gasteiger charge is 2.28. The molecule has 54 heavy (non-hydrogen) atoms. The van der Waals surface area contributed by atoms with Crippen molar-refractivity contribution in [3.8, 4) is 5.75 Å². The van der Waals surface area contributed by atoms with Crippen LogP contribution in [0.15, 0.2) is 120 Å². The van der Waals surface area contributed by atoms with E-state index in [1.54, 1.807) is 117 Å². The summed E-state index contributed by atoms with van der Waals surface area (Å²) in [5.41, 5.74) is 2.58. The van der Waals surface area contributed by atoms with Crippen LogP contribution in [0.3, 0.4) is 0 Å². The zero-order valence-corrected chi connectivity index (χ0v) is 31.6. The minimum absolute atomic E-state index is 0.0161. The van der Waals surface area contributed by atoms with Gasteiger partial charge in [0, 0.05) is 21.8 Å². The number of benzene rings is 4. The molecule has 5 rings (SSSR count). The highest BCUT2D eigenvalue weighted by atomic mass is 32.2. The first kappa shape index (κ1) is 39.0. The van der Waals surface area contributed by atoms with Crippen LogP contribution >= 0.6 is 23.1 Å². The lowest BCUT2D eigenvalue weighted by Gasteiger charge is -2.16. The number of carbonyl (C=O) groups is 5. The van der Waals surface area contributed by atoms with E-state index in [4.69, 9.17) is 9.47 Å². The number of ether oxygens (including phenoxy) is 2. The number of para-hydroxylation sites is 1. The Morgan fingerprint density at radius 1 is 0.778 bits per heavy atom. The lowest BCUT2D eigenvalue weighted by atomic mass is 10.1. The Balaban J connectivity index is 1.32. The van der Waals surface area contributed by atoms with Gasteiger partial charge in [0.05, 0.1) is 29.9 Å². The Morgan fingerprint density at radius 3 is 2.09 bits per heavy atom. The van der Waals surface area contributed by atoms with Gasteiger partial charge >= 0.3 is 5.97 Å². The Morgan fingerprint density at radius 2 is 1.44 bits per heavy atom. The fraction of sp³-hybridized carbons (Fsp3) is 0.146. The fourth-order valence-corrected chi connectivity index (χ4v) is 7.32. The van der Waals surface area contributed by atoms with Gasteiger partial charge in [0.2, 0.25) is 5.91 Å². The fourth-order valence-electron chi connectivity index (χ4n) is 5.21. The number of carbonyl (C=O) groups excluding carboxylic acids is 5. The minimum atomic E-state index is -0.678. The molecule has 4 N–H and O–H groups in total. The van der Waals surface area contributed by atoms with Gasteiger partial charge in [0.25, 0.3) is 17.7 Å². The van der Waals surface area contributed by atoms with Gasteiger partial charge in [-0.05, 0) is 85.1 Å². The Labute approximate surface area is 321 Å². The molecule has 0 radical (unpaired) electrons. The van der Waals surface area contributed by atoms with Crippen molar-refractivity contribution in [3.63, 3.8) is 0 Å². The average molecular weight is 763 g/mol.